The van der Waals surface area contributed by atoms with Crippen molar-refractivity contribution in [2.24, 2.45) is 5.73 Å². The SMILES string of the molecule is Cc1ccc(-n2nc(C)c(NC(=O)c3cc(-c4ccccc4)nc4c(C(N)=O)ncn34)c2C)cc1. The smallest absolute Gasteiger partial charge is 0.272 e. The Bertz CT molecular complexity index is 1580. The minimum atomic E-state index is -0.720. The highest BCUT2D eigenvalue weighted by molar-refractivity contribution is 6.05. The van der Waals surface area contributed by atoms with Crippen LogP contribution in [0.3, 0.4) is 0 Å². The van der Waals surface area contributed by atoms with Crippen LogP contribution in [0.25, 0.3) is 22.6 Å². The van der Waals surface area contributed by atoms with Crippen LogP contribution in [-0.2, 0) is 0 Å². The van der Waals surface area contributed by atoms with Crippen molar-refractivity contribution in [2.75, 3.05) is 5.32 Å². The third-order valence-electron chi connectivity index (χ3n) is 5.85. The van der Waals surface area contributed by atoms with Crippen molar-refractivity contribution in [1.82, 2.24) is 24.1 Å². The number of nitrogens with two attached hydrogens (primary N) is 1. The zero-order valence-electron chi connectivity index (χ0n) is 19.5. The first-order valence-corrected chi connectivity index (χ1v) is 11.0. The summed E-state index contributed by atoms with van der Waals surface area (Å²) in [5, 5.41) is 7.61. The van der Waals surface area contributed by atoms with Crippen LogP contribution in [0.1, 0.15) is 37.9 Å². The van der Waals surface area contributed by atoms with Crippen molar-refractivity contribution < 1.29 is 9.59 Å². The van der Waals surface area contributed by atoms with Gasteiger partial charge in [-0.15, -0.1) is 0 Å². The van der Waals surface area contributed by atoms with Gasteiger partial charge >= 0.3 is 0 Å². The van der Waals surface area contributed by atoms with Gasteiger partial charge in [0, 0.05) is 5.56 Å². The highest BCUT2D eigenvalue weighted by atomic mass is 16.2. The molecule has 3 aromatic heterocycles. The monoisotopic (exact) mass is 465 g/mol. The van der Waals surface area contributed by atoms with E-state index in [1.165, 1.54) is 10.7 Å². The van der Waals surface area contributed by atoms with E-state index in [-0.39, 0.29) is 17.0 Å². The van der Waals surface area contributed by atoms with E-state index in [0.717, 1.165) is 22.5 Å². The maximum Gasteiger partial charge on any atom is 0.272 e. The summed E-state index contributed by atoms with van der Waals surface area (Å²) in [6.45, 7) is 5.76. The second kappa shape index (κ2) is 8.53. The van der Waals surface area contributed by atoms with Crippen LogP contribution in [-0.4, -0.2) is 36.0 Å². The number of hydrogen-bond acceptors (Lipinski definition) is 5. The number of fused-ring (bicyclic) bond motifs is 1. The molecule has 5 aromatic rings. The van der Waals surface area contributed by atoms with Crippen molar-refractivity contribution >= 4 is 23.1 Å². The summed E-state index contributed by atoms with van der Waals surface area (Å²) >= 11 is 0. The van der Waals surface area contributed by atoms with E-state index in [1.54, 1.807) is 10.7 Å². The fourth-order valence-electron chi connectivity index (χ4n) is 4.01. The zero-order chi connectivity index (χ0) is 24.7. The fourth-order valence-corrected chi connectivity index (χ4v) is 4.01. The Morgan fingerprint density at radius 3 is 2.37 bits per heavy atom. The average molecular weight is 466 g/mol. The minimum absolute atomic E-state index is 0.00335. The molecule has 9 heteroatoms. The molecule has 0 unspecified atom stereocenters. The first kappa shape index (κ1) is 22.0. The van der Waals surface area contributed by atoms with Gasteiger partial charge in [0.05, 0.1) is 28.5 Å². The van der Waals surface area contributed by atoms with E-state index >= 15 is 0 Å². The summed E-state index contributed by atoms with van der Waals surface area (Å²) in [6.07, 6.45) is 1.38. The predicted molar refractivity (Wildman–Crippen MR) is 133 cm³/mol. The van der Waals surface area contributed by atoms with Gasteiger partial charge in [0.15, 0.2) is 11.3 Å². The van der Waals surface area contributed by atoms with Crippen molar-refractivity contribution in [3.63, 3.8) is 0 Å². The normalized spacial score (nSPS) is 11.1. The van der Waals surface area contributed by atoms with Crippen molar-refractivity contribution in [3.8, 4) is 16.9 Å². The average Bonchev–Trinajstić information content (AvgIpc) is 3.41. The van der Waals surface area contributed by atoms with Gasteiger partial charge in [0.25, 0.3) is 11.8 Å². The number of hydrogen-bond donors (Lipinski definition) is 2. The lowest BCUT2D eigenvalue weighted by atomic mass is 10.1. The molecule has 0 aliphatic carbocycles. The Hall–Kier alpha value is -4.79. The molecule has 3 N–H and O–H groups in total. The number of aryl methyl sites for hydroxylation is 2. The van der Waals surface area contributed by atoms with Crippen LogP contribution in [0.2, 0.25) is 0 Å². The predicted octanol–water partition coefficient (Wildman–Crippen LogP) is 3.86. The Labute approximate surface area is 201 Å². The summed E-state index contributed by atoms with van der Waals surface area (Å²) in [6, 6.07) is 19.0. The molecule has 0 radical (unpaired) electrons. The van der Waals surface area contributed by atoms with Crippen molar-refractivity contribution in [2.45, 2.75) is 20.8 Å². The summed E-state index contributed by atoms with van der Waals surface area (Å²) in [5.74, 6) is -1.11. The molecular formula is C26H23N7O2. The van der Waals surface area contributed by atoms with Gasteiger partial charge in [0.2, 0.25) is 0 Å². The van der Waals surface area contributed by atoms with Crippen LogP contribution in [0.5, 0.6) is 0 Å². The molecule has 2 aromatic carbocycles. The number of carbonyl (C=O) groups is 2. The number of aromatic nitrogens is 5. The van der Waals surface area contributed by atoms with Gasteiger partial charge < -0.3 is 11.1 Å². The number of carbonyl (C=O) groups excluding carboxylic acids is 2. The van der Waals surface area contributed by atoms with Gasteiger partial charge in [-0.2, -0.15) is 5.10 Å². The minimum Gasteiger partial charge on any atom is -0.364 e. The highest BCUT2D eigenvalue weighted by Gasteiger charge is 2.22. The van der Waals surface area contributed by atoms with Gasteiger partial charge in [0.1, 0.15) is 12.0 Å². The van der Waals surface area contributed by atoms with Gasteiger partial charge in [-0.1, -0.05) is 48.0 Å². The lowest BCUT2D eigenvalue weighted by Crippen LogP contribution is -2.18. The maximum atomic E-state index is 13.5. The topological polar surface area (TPSA) is 120 Å². The molecule has 0 spiro atoms. The highest BCUT2D eigenvalue weighted by Crippen LogP contribution is 2.26. The number of primary amides is 1. The summed E-state index contributed by atoms with van der Waals surface area (Å²) in [4.78, 5) is 34.1. The number of anilines is 1. The molecular weight excluding hydrogens is 442 g/mol. The number of benzene rings is 2. The third kappa shape index (κ3) is 3.93. The van der Waals surface area contributed by atoms with Crippen LogP contribution in [0, 0.1) is 20.8 Å². The van der Waals surface area contributed by atoms with E-state index in [0.29, 0.717) is 17.1 Å². The van der Waals surface area contributed by atoms with Gasteiger partial charge in [-0.3, -0.25) is 14.0 Å². The van der Waals surface area contributed by atoms with E-state index in [1.807, 2.05) is 75.4 Å². The quantitative estimate of drug-likeness (QED) is 0.408. The molecule has 35 heavy (non-hydrogen) atoms. The van der Waals surface area contributed by atoms with E-state index < -0.39 is 11.8 Å². The van der Waals surface area contributed by atoms with E-state index in [4.69, 9.17) is 5.73 Å². The van der Waals surface area contributed by atoms with Crippen molar-refractivity contribution in [1.29, 1.82) is 0 Å². The molecule has 0 fully saturated rings. The second-order valence-corrected chi connectivity index (χ2v) is 8.29. The molecule has 0 aliphatic rings. The summed E-state index contributed by atoms with van der Waals surface area (Å²) in [5.41, 5.74) is 11.4. The molecule has 0 bridgehead atoms. The number of imidazole rings is 1. The fraction of sp³-hybridized carbons (Fsp3) is 0.115. The molecule has 0 aliphatic heterocycles. The Balaban J connectivity index is 1.59. The van der Waals surface area contributed by atoms with E-state index in [9.17, 15) is 9.59 Å². The van der Waals surface area contributed by atoms with Crippen LogP contribution in [0.4, 0.5) is 5.69 Å². The molecule has 2 amide bonds. The Morgan fingerprint density at radius 1 is 0.971 bits per heavy atom. The number of rotatable bonds is 5. The lowest BCUT2D eigenvalue weighted by Gasteiger charge is -2.11. The molecule has 0 saturated carbocycles. The molecule has 5 rings (SSSR count). The van der Waals surface area contributed by atoms with Crippen LogP contribution < -0.4 is 11.1 Å². The van der Waals surface area contributed by atoms with Crippen LogP contribution >= 0.6 is 0 Å². The molecule has 3 heterocycles. The summed E-state index contributed by atoms with van der Waals surface area (Å²) < 4.78 is 3.27. The lowest BCUT2D eigenvalue weighted by molar-refractivity contribution is 0.0993. The zero-order valence-corrected chi connectivity index (χ0v) is 19.5. The third-order valence-corrected chi connectivity index (χ3v) is 5.85. The Kier molecular flexibility index (Phi) is 5.37. The van der Waals surface area contributed by atoms with Crippen LogP contribution in [0.15, 0.2) is 67.0 Å². The van der Waals surface area contributed by atoms with Gasteiger partial charge in [-0.25, -0.2) is 14.6 Å². The molecule has 0 saturated heterocycles. The standard InChI is InChI=1S/C26H23N7O2/c1-15-9-11-19(12-10-15)33-17(3)22(16(2)31-33)30-26(35)21-13-20(18-7-5-4-6-8-18)29-25-23(24(27)34)28-14-32(21)25/h4-14H,1-3H3,(H2,27,34)(H,30,35). The Morgan fingerprint density at radius 2 is 1.69 bits per heavy atom. The number of nitrogens with one attached hydrogen (secondary N) is 1. The maximum absolute atomic E-state index is 13.5. The van der Waals surface area contributed by atoms with E-state index in [2.05, 4.69) is 20.4 Å². The van der Waals surface area contributed by atoms with Crippen molar-refractivity contribution in [3.05, 3.63) is 95.3 Å². The number of amides is 2. The first-order chi connectivity index (χ1) is 16.8. The molecule has 0 atom stereocenters. The van der Waals surface area contributed by atoms with Gasteiger partial charge in [-0.05, 0) is 39.0 Å². The number of nitrogens with zero attached hydrogens (tertiary/aromatic N) is 5. The largest absolute Gasteiger partial charge is 0.364 e. The first-order valence-electron chi connectivity index (χ1n) is 11.0. The molecule has 9 nitrogen and oxygen atoms in total. The second-order valence-electron chi connectivity index (χ2n) is 8.29. The summed E-state index contributed by atoms with van der Waals surface area (Å²) in [7, 11) is 0. The molecule has 174 valence electrons.